The van der Waals surface area contributed by atoms with Crippen molar-refractivity contribution in [1.29, 1.82) is 0 Å². The summed E-state index contributed by atoms with van der Waals surface area (Å²) in [6.45, 7) is 4.88. The Morgan fingerprint density at radius 1 is 0.939 bits per heavy atom. The van der Waals surface area contributed by atoms with E-state index in [1.54, 1.807) is 30.3 Å². The largest absolute Gasteiger partial charge is 0.490 e. The molecule has 0 saturated carbocycles. The molecule has 174 valence electrons. The molecular formula is C24H27N3O5S. The van der Waals surface area contributed by atoms with Gasteiger partial charge in [-0.3, -0.25) is 9.52 Å². The predicted octanol–water partition coefficient (Wildman–Crippen LogP) is 4.25. The van der Waals surface area contributed by atoms with Crippen LogP contribution in [0.2, 0.25) is 0 Å². The van der Waals surface area contributed by atoms with Crippen LogP contribution in [0.5, 0.6) is 11.5 Å². The molecule has 0 saturated heterocycles. The molecule has 0 spiro atoms. The Hall–Kier alpha value is -3.59. The normalized spacial score (nSPS) is 11.0. The van der Waals surface area contributed by atoms with Crippen molar-refractivity contribution in [2.45, 2.75) is 31.6 Å². The third-order valence-electron chi connectivity index (χ3n) is 4.60. The lowest BCUT2D eigenvalue weighted by atomic mass is 10.1. The molecule has 0 unspecified atom stereocenters. The van der Waals surface area contributed by atoms with E-state index in [0.29, 0.717) is 36.8 Å². The van der Waals surface area contributed by atoms with Crippen molar-refractivity contribution >= 4 is 27.4 Å². The molecule has 1 heterocycles. The maximum atomic E-state index is 12.5. The Morgan fingerprint density at radius 2 is 1.67 bits per heavy atom. The Labute approximate surface area is 194 Å². The van der Waals surface area contributed by atoms with Crippen molar-refractivity contribution in [2.75, 3.05) is 23.3 Å². The molecule has 33 heavy (non-hydrogen) atoms. The molecule has 2 N–H and O–H groups in total. The van der Waals surface area contributed by atoms with Crippen molar-refractivity contribution in [2.24, 2.45) is 0 Å². The maximum Gasteiger partial charge on any atom is 0.263 e. The summed E-state index contributed by atoms with van der Waals surface area (Å²) in [5, 5.41) is 2.79. The molecule has 0 aliphatic rings. The molecule has 0 aliphatic heterocycles. The highest BCUT2D eigenvalue weighted by Gasteiger charge is 2.15. The number of benzene rings is 2. The highest BCUT2D eigenvalue weighted by atomic mass is 32.2. The standard InChI is InChI=1S/C24H27N3O5S/c1-3-31-21-14-8-18(17-22(21)32-4-2)9-15-24(28)26-19-10-12-20(13-11-19)33(29,30)27-23-7-5-6-16-25-23/h5-8,10-14,16-17H,3-4,9,15H2,1-2H3,(H,25,27)(H,26,28). The summed E-state index contributed by atoms with van der Waals surface area (Å²) in [6, 6.07) is 16.6. The van der Waals surface area contributed by atoms with Gasteiger partial charge in [0.15, 0.2) is 11.5 Å². The highest BCUT2D eigenvalue weighted by Crippen LogP contribution is 2.29. The second kappa shape index (κ2) is 11.3. The summed E-state index contributed by atoms with van der Waals surface area (Å²) in [4.78, 5) is 16.4. The number of hydrogen-bond acceptors (Lipinski definition) is 6. The van der Waals surface area contributed by atoms with E-state index in [2.05, 4.69) is 15.0 Å². The molecule has 1 amide bonds. The molecule has 3 rings (SSSR count). The molecule has 0 aliphatic carbocycles. The van der Waals surface area contributed by atoms with Crippen LogP contribution in [0, 0.1) is 0 Å². The van der Waals surface area contributed by atoms with E-state index in [1.165, 1.54) is 18.3 Å². The Bertz CT molecular complexity index is 1170. The molecule has 0 atom stereocenters. The van der Waals surface area contributed by atoms with Crippen molar-refractivity contribution in [1.82, 2.24) is 4.98 Å². The summed E-state index contributed by atoms with van der Waals surface area (Å²) in [5.41, 5.74) is 1.47. The number of hydrogen-bond donors (Lipinski definition) is 2. The highest BCUT2D eigenvalue weighted by molar-refractivity contribution is 7.92. The van der Waals surface area contributed by atoms with Crippen molar-refractivity contribution in [3.05, 3.63) is 72.4 Å². The third kappa shape index (κ3) is 6.95. The molecule has 0 bridgehead atoms. The fraction of sp³-hybridized carbons (Fsp3) is 0.250. The van der Waals surface area contributed by atoms with Gasteiger partial charge in [-0.05, 0) is 74.4 Å². The van der Waals surface area contributed by atoms with E-state index < -0.39 is 10.0 Å². The zero-order valence-corrected chi connectivity index (χ0v) is 19.4. The van der Waals surface area contributed by atoms with Crippen molar-refractivity contribution in [3.63, 3.8) is 0 Å². The van der Waals surface area contributed by atoms with Crippen LogP contribution in [-0.2, 0) is 21.2 Å². The first-order chi connectivity index (χ1) is 15.9. The first-order valence-electron chi connectivity index (χ1n) is 10.6. The Morgan fingerprint density at radius 3 is 2.33 bits per heavy atom. The monoisotopic (exact) mass is 469 g/mol. The van der Waals surface area contributed by atoms with Crippen LogP contribution in [-0.4, -0.2) is 32.5 Å². The lowest BCUT2D eigenvalue weighted by Crippen LogP contribution is -2.15. The summed E-state index contributed by atoms with van der Waals surface area (Å²) in [6.07, 6.45) is 2.29. The molecule has 0 fully saturated rings. The molecule has 9 heteroatoms. The minimum atomic E-state index is -3.77. The molecule has 2 aromatic carbocycles. The molecule has 0 radical (unpaired) electrons. The van der Waals surface area contributed by atoms with Gasteiger partial charge < -0.3 is 14.8 Å². The van der Waals surface area contributed by atoms with E-state index in [9.17, 15) is 13.2 Å². The summed E-state index contributed by atoms with van der Waals surface area (Å²) < 4.78 is 38.6. The molecule has 3 aromatic rings. The average Bonchev–Trinajstić information content (AvgIpc) is 2.80. The van der Waals surface area contributed by atoms with Gasteiger partial charge >= 0.3 is 0 Å². The first-order valence-corrected chi connectivity index (χ1v) is 12.1. The number of aryl methyl sites for hydroxylation is 1. The third-order valence-corrected chi connectivity index (χ3v) is 5.97. The Balaban J connectivity index is 1.57. The average molecular weight is 470 g/mol. The number of amides is 1. The topological polar surface area (TPSA) is 107 Å². The zero-order chi connectivity index (χ0) is 23.7. The van der Waals surface area contributed by atoms with Gasteiger partial charge in [0.2, 0.25) is 5.91 Å². The van der Waals surface area contributed by atoms with Crippen LogP contribution in [0.25, 0.3) is 0 Å². The number of nitrogens with zero attached hydrogens (tertiary/aromatic N) is 1. The van der Waals surface area contributed by atoms with E-state index in [0.717, 1.165) is 5.56 Å². The first kappa shape index (κ1) is 24.1. The van der Waals surface area contributed by atoms with Gasteiger partial charge in [-0.25, -0.2) is 13.4 Å². The number of sulfonamides is 1. The fourth-order valence-corrected chi connectivity index (χ4v) is 4.08. The van der Waals surface area contributed by atoms with Crippen LogP contribution >= 0.6 is 0 Å². The van der Waals surface area contributed by atoms with Crippen molar-refractivity contribution in [3.8, 4) is 11.5 Å². The summed E-state index contributed by atoms with van der Waals surface area (Å²) in [5.74, 6) is 1.40. The number of rotatable bonds is 11. The van der Waals surface area contributed by atoms with Gasteiger partial charge in [0.25, 0.3) is 10.0 Å². The second-order valence-electron chi connectivity index (χ2n) is 7.04. The van der Waals surface area contributed by atoms with Gasteiger partial charge in [-0.15, -0.1) is 0 Å². The quantitative estimate of drug-likeness (QED) is 0.435. The minimum absolute atomic E-state index is 0.0731. The minimum Gasteiger partial charge on any atom is -0.490 e. The molecular weight excluding hydrogens is 442 g/mol. The lowest BCUT2D eigenvalue weighted by Gasteiger charge is -2.12. The van der Waals surface area contributed by atoms with Gasteiger partial charge in [0, 0.05) is 18.3 Å². The second-order valence-corrected chi connectivity index (χ2v) is 8.72. The van der Waals surface area contributed by atoms with Crippen LogP contribution in [0.15, 0.2) is 71.8 Å². The summed E-state index contributed by atoms with van der Waals surface area (Å²) >= 11 is 0. The number of carbonyl (C=O) groups excluding carboxylic acids is 1. The van der Waals surface area contributed by atoms with Crippen molar-refractivity contribution < 1.29 is 22.7 Å². The smallest absolute Gasteiger partial charge is 0.263 e. The number of ether oxygens (including phenoxy) is 2. The SMILES string of the molecule is CCOc1ccc(CCC(=O)Nc2ccc(S(=O)(=O)Nc3ccccn3)cc2)cc1OCC. The van der Waals surface area contributed by atoms with Gasteiger partial charge in [0.05, 0.1) is 18.1 Å². The number of aromatic nitrogens is 1. The fourth-order valence-electron chi connectivity index (χ4n) is 3.07. The number of carbonyl (C=O) groups is 1. The van der Waals surface area contributed by atoms with E-state index in [4.69, 9.17) is 9.47 Å². The molecule has 1 aromatic heterocycles. The zero-order valence-electron chi connectivity index (χ0n) is 18.6. The number of anilines is 2. The van der Waals surface area contributed by atoms with Crippen LogP contribution in [0.4, 0.5) is 11.5 Å². The lowest BCUT2D eigenvalue weighted by molar-refractivity contribution is -0.116. The summed E-state index contributed by atoms with van der Waals surface area (Å²) in [7, 11) is -3.77. The maximum absolute atomic E-state index is 12.5. The van der Waals surface area contributed by atoms with Gasteiger partial charge in [0.1, 0.15) is 5.82 Å². The van der Waals surface area contributed by atoms with Crippen LogP contribution < -0.4 is 19.5 Å². The van der Waals surface area contributed by atoms with Crippen LogP contribution in [0.1, 0.15) is 25.8 Å². The van der Waals surface area contributed by atoms with Gasteiger partial charge in [-0.2, -0.15) is 0 Å². The molecule has 8 nitrogen and oxygen atoms in total. The van der Waals surface area contributed by atoms with Crippen LogP contribution in [0.3, 0.4) is 0 Å². The van der Waals surface area contributed by atoms with E-state index in [1.807, 2.05) is 32.0 Å². The van der Waals surface area contributed by atoms with E-state index >= 15 is 0 Å². The van der Waals surface area contributed by atoms with Gasteiger partial charge in [-0.1, -0.05) is 12.1 Å². The predicted molar refractivity (Wildman–Crippen MR) is 127 cm³/mol. The Kier molecular flexibility index (Phi) is 8.26. The number of nitrogens with one attached hydrogen (secondary N) is 2. The number of pyridine rings is 1. The van der Waals surface area contributed by atoms with E-state index in [-0.39, 0.29) is 23.0 Å².